The molecule has 1 saturated heterocycles. The van der Waals surface area contributed by atoms with Crippen LogP contribution in [0.1, 0.15) is 49.1 Å². The molecule has 1 aliphatic carbocycles. The zero-order valence-electron chi connectivity index (χ0n) is 20.4. The van der Waals surface area contributed by atoms with Crippen molar-refractivity contribution >= 4 is 29.0 Å². The van der Waals surface area contributed by atoms with Gasteiger partial charge in [0.05, 0.1) is 17.4 Å². The first-order valence-electron chi connectivity index (χ1n) is 12.7. The van der Waals surface area contributed by atoms with Crippen molar-refractivity contribution in [2.45, 2.75) is 50.2 Å². The van der Waals surface area contributed by atoms with Gasteiger partial charge in [-0.2, -0.15) is 5.26 Å². The van der Waals surface area contributed by atoms with Crippen LogP contribution in [-0.2, 0) is 9.59 Å². The SMILES string of the molecule is N#Cc1cc(F)ccc1N1CCC(CNC(=O)C(=O)[C@@H](O)C(O)C2CCC[C@@H]2c2cccc(Cl)c2)CC1. The first kappa shape index (κ1) is 27.1. The van der Waals surface area contributed by atoms with Gasteiger partial charge < -0.3 is 20.4 Å². The summed E-state index contributed by atoms with van der Waals surface area (Å²) in [6, 6.07) is 13.5. The number of halogens is 2. The highest BCUT2D eigenvalue weighted by Gasteiger charge is 2.41. The molecule has 1 amide bonds. The highest BCUT2D eigenvalue weighted by molar-refractivity contribution is 6.38. The molecule has 1 heterocycles. The topological polar surface area (TPSA) is 114 Å². The van der Waals surface area contributed by atoms with E-state index in [0.717, 1.165) is 18.4 Å². The Labute approximate surface area is 220 Å². The van der Waals surface area contributed by atoms with Gasteiger partial charge in [0, 0.05) is 24.7 Å². The Morgan fingerprint density at radius 3 is 2.59 bits per heavy atom. The molecule has 2 aromatic carbocycles. The van der Waals surface area contributed by atoms with E-state index in [2.05, 4.69) is 5.32 Å². The normalized spacial score (nSPS) is 21.8. The second-order valence-corrected chi connectivity index (χ2v) is 10.4. The van der Waals surface area contributed by atoms with Crippen LogP contribution in [0.5, 0.6) is 0 Å². The number of ketones is 1. The fourth-order valence-corrected chi connectivity index (χ4v) is 5.85. The number of benzene rings is 2. The maximum atomic E-state index is 13.4. The van der Waals surface area contributed by atoms with E-state index in [0.29, 0.717) is 43.1 Å². The maximum absolute atomic E-state index is 13.4. The van der Waals surface area contributed by atoms with Gasteiger partial charge in [0.25, 0.3) is 11.7 Å². The highest BCUT2D eigenvalue weighted by atomic mass is 35.5. The fraction of sp³-hybridized carbons (Fsp3) is 0.464. The Hall–Kier alpha value is -2.99. The summed E-state index contributed by atoms with van der Waals surface area (Å²) in [5, 5.41) is 33.9. The molecule has 3 N–H and O–H groups in total. The molecule has 1 saturated carbocycles. The van der Waals surface area contributed by atoms with Crippen LogP contribution in [-0.4, -0.2) is 53.7 Å². The first-order chi connectivity index (χ1) is 17.8. The van der Waals surface area contributed by atoms with Crippen LogP contribution >= 0.6 is 11.6 Å². The first-order valence-corrected chi connectivity index (χ1v) is 13.0. The molecule has 37 heavy (non-hydrogen) atoms. The van der Waals surface area contributed by atoms with Crippen molar-refractivity contribution in [1.29, 1.82) is 5.26 Å². The summed E-state index contributed by atoms with van der Waals surface area (Å²) in [6.07, 6.45) is 0.578. The number of Topliss-reactive ketones (excluding diaryl/α,β-unsaturated/α-hetero) is 1. The predicted molar refractivity (Wildman–Crippen MR) is 138 cm³/mol. The summed E-state index contributed by atoms with van der Waals surface area (Å²) in [5.74, 6) is -2.68. The Morgan fingerprint density at radius 2 is 1.89 bits per heavy atom. The second kappa shape index (κ2) is 12.0. The van der Waals surface area contributed by atoms with E-state index < -0.39 is 29.7 Å². The molecule has 0 spiro atoms. The third-order valence-corrected chi connectivity index (χ3v) is 7.92. The van der Waals surface area contributed by atoms with Crippen LogP contribution in [0.15, 0.2) is 42.5 Å². The summed E-state index contributed by atoms with van der Waals surface area (Å²) >= 11 is 6.11. The fourth-order valence-electron chi connectivity index (χ4n) is 5.65. The Balaban J connectivity index is 1.27. The number of piperidine rings is 1. The molecule has 0 radical (unpaired) electrons. The van der Waals surface area contributed by atoms with Gasteiger partial charge in [-0.25, -0.2) is 4.39 Å². The molecule has 2 fully saturated rings. The molecule has 0 bridgehead atoms. The molecular formula is C28H31ClFN3O4. The minimum Gasteiger partial charge on any atom is -0.390 e. The Kier molecular flexibility index (Phi) is 8.80. The molecule has 0 aromatic heterocycles. The maximum Gasteiger partial charge on any atom is 0.290 e. The third kappa shape index (κ3) is 6.30. The van der Waals surface area contributed by atoms with E-state index >= 15 is 0 Å². The van der Waals surface area contributed by atoms with Gasteiger partial charge >= 0.3 is 0 Å². The smallest absolute Gasteiger partial charge is 0.290 e. The Morgan fingerprint density at radius 1 is 1.14 bits per heavy atom. The van der Waals surface area contributed by atoms with Crippen molar-refractivity contribution in [3.05, 3.63) is 64.4 Å². The predicted octanol–water partition coefficient (Wildman–Crippen LogP) is 3.56. The van der Waals surface area contributed by atoms with Crippen molar-refractivity contribution in [3.63, 3.8) is 0 Å². The zero-order chi connectivity index (χ0) is 26.5. The lowest BCUT2D eigenvalue weighted by Gasteiger charge is -2.34. The molecular weight excluding hydrogens is 497 g/mol. The van der Waals surface area contributed by atoms with E-state index in [4.69, 9.17) is 11.6 Å². The molecule has 1 aliphatic heterocycles. The number of nitrogens with one attached hydrogen (secondary N) is 1. The molecule has 9 heteroatoms. The van der Waals surface area contributed by atoms with Crippen molar-refractivity contribution in [2.24, 2.45) is 11.8 Å². The van der Waals surface area contributed by atoms with Crippen LogP contribution in [0.4, 0.5) is 10.1 Å². The number of amides is 1. The molecule has 7 nitrogen and oxygen atoms in total. The molecule has 2 aromatic rings. The standard InChI is InChI=1S/C28H31ClFN3O4/c29-20-4-1-3-18(13-20)22-5-2-6-23(22)25(34)26(35)27(36)28(37)32-16-17-9-11-33(12-10-17)24-8-7-21(30)14-19(24)15-31/h1,3-4,7-8,13-14,17,22-23,25-26,34-35H,2,5-6,9-12,16H2,(H,32,37)/t22-,23?,25?,26+/m1/s1. The average molecular weight is 528 g/mol. The number of anilines is 1. The number of nitrogens with zero attached hydrogens (tertiary/aromatic N) is 2. The van der Waals surface area contributed by atoms with Crippen molar-refractivity contribution in [2.75, 3.05) is 24.5 Å². The minimum absolute atomic E-state index is 0.0490. The number of aliphatic hydroxyl groups excluding tert-OH is 2. The number of hydrogen-bond acceptors (Lipinski definition) is 6. The van der Waals surface area contributed by atoms with Crippen LogP contribution in [0.2, 0.25) is 5.02 Å². The van der Waals surface area contributed by atoms with E-state index in [1.165, 1.54) is 12.1 Å². The number of carbonyl (C=O) groups is 2. The van der Waals surface area contributed by atoms with E-state index in [1.54, 1.807) is 12.1 Å². The van der Waals surface area contributed by atoms with Crippen molar-refractivity contribution < 1.29 is 24.2 Å². The third-order valence-electron chi connectivity index (χ3n) is 7.69. The van der Waals surface area contributed by atoms with Gasteiger partial charge in [-0.15, -0.1) is 0 Å². The monoisotopic (exact) mass is 527 g/mol. The molecule has 2 unspecified atom stereocenters. The van der Waals surface area contributed by atoms with Gasteiger partial charge in [0.15, 0.2) is 0 Å². The number of hydrogen-bond donors (Lipinski definition) is 3. The lowest BCUT2D eigenvalue weighted by Crippen LogP contribution is -2.48. The van der Waals surface area contributed by atoms with E-state index in [1.807, 2.05) is 29.2 Å². The molecule has 4 atom stereocenters. The van der Waals surface area contributed by atoms with Crippen molar-refractivity contribution in [3.8, 4) is 6.07 Å². The molecule has 4 rings (SSSR count). The zero-order valence-corrected chi connectivity index (χ0v) is 21.2. The lowest BCUT2D eigenvalue weighted by atomic mass is 9.82. The van der Waals surface area contributed by atoms with Gasteiger partial charge in [0.1, 0.15) is 18.0 Å². The van der Waals surface area contributed by atoms with Crippen LogP contribution in [0.3, 0.4) is 0 Å². The number of nitriles is 1. The number of rotatable bonds is 8. The Bertz CT molecular complexity index is 1180. The molecule has 196 valence electrons. The summed E-state index contributed by atoms with van der Waals surface area (Å²) in [4.78, 5) is 27.2. The van der Waals surface area contributed by atoms with Crippen LogP contribution in [0, 0.1) is 29.0 Å². The summed E-state index contributed by atoms with van der Waals surface area (Å²) in [6.45, 7) is 1.52. The van der Waals surface area contributed by atoms with Crippen LogP contribution < -0.4 is 10.2 Å². The van der Waals surface area contributed by atoms with E-state index in [-0.39, 0.29) is 29.9 Å². The second-order valence-electron chi connectivity index (χ2n) is 9.97. The van der Waals surface area contributed by atoms with Gasteiger partial charge in [-0.1, -0.05) is 30.2 Å². The quantitative estimate of drug-likeness (QED) is 0.452. The van der Waals surface area contributed by atoms with Crippen molar-refractivity contribution in [1.82, 2.24) is 5.32 Å². The highest BCUT2D eigenvalue weighted by Crippen LogP contribution is 2.42. The summed E-state index contributed by atoms with van der Waals surface area (Å²) < 4.78 is 13.4. The van der Waals surface area contributed by atoms with Gasteiger partial charge in [-0.3, -0.25) is 9.59 Å². The number of carbonyl (C=O) groups excluding carboxylic acids is 2. The lowest BCUT2D eigenvalue weighted by molar-refractivity contribution is -0.148. The summed E-state index contributed by atoms with van der Waals surface area (Å²) in [5.41, 5.74) is 1.92. The van der Waals surface area contributed by atoms with E-state index in [9.17, 15) is 29.5 Å². The molecule has 2 aliphatic rings. The average Bonchev–Trinajstić information content (AvgIpc) is 3.41. The minimum atomic E-state index is -1.80. The number of aliphatic hydroxyl groups is 2. The summed E-state index contributed by atoms with van der Waals surface area (Å²) in [7, 11) is 0. The van der Waals surface area contributed by atoms with Gasteiger partial charge in [0.2, 0.25) is 0 Å². The largest absolute Gasteiger partial charge is 0.390 e. The van der Waals surface area contributed by atoms with Crippen LogP contribution in [0.25, 0.3) is 0 Å². The van der Waals surface area contributed by atoms with Gasteiger partial charge in [-0.05, 0) is 79.3 Å².